The van der Waals surface area contributed by atoms with Gasteiger partial charge in [0.25, 0.3) is 0 Å². The van der Waals surface area contributed by atoms with E-state index in [1.807, 2.05) is 30.3 Å². The zero-order valence-electron chi connectivity index (χ0n) is 9.24. The van der Waals surface area contributed by atoms with Crippen LogP contribution >= 0.6 is 0 Å². The fourth-order valence-corrected chi connectivity index (χ4v) is 1.52. The smallest absolute Gasteiger partial charge is 0.335 e. The third-order valence-corrected chi connectivity index (χ3v) is 2.39. The van der Waals surface area contributed by atoms with Gasteiger partial charge < -0.3 is 19.3 Å². The van der Waals surface area contributed by atoms with E-state index in [2.05, 4.69) is 0 Å². The molecule has 0 bridgehead atoms. The highest BCUT2D eigenvalue weighted by atomic mass is 16.7. The van der Waals surface area contributed by atoms with Gasteiger partial charge in [0, 0.05) is 0 Å². The number of carboxylic acid groups (broad SMARTS) is 1. The Morgan fingerprint density at radius 2 is 2.18 bits per heavy atom. The Morgan fingerprint density at radius 3 is 2.82 bits per heavy atom. The lowest BCUT2D eigenvalue weighted by Gasteiger charge is -2.10. The highest BCUT2D eigenvalue weighted by Crippen LogP contribution is 2.12. The van der Waals surface area contributed by atoms with Gasteiger partial charge in [-0.15, -0.1) is 0 Å². The topological polar surface area (TPSA) is 65.0 Å². The van der Waals surface area contributed by atoms with Gasteiger partial charge in [-0.3, -0.25) is 0 Å². The first-order chi connectivity index (χ1) is 8.25. The molecule has 1 fully saturated rings. The second kappa shape index (κ2) is 5.77. The lowest BCUT2D eigenvalue weighted by Crippen LogP contribution is -2.24. The number of rotatable bonds is 5. The molecular formula is C12H14O5. The van der Waals surface area contributed by atoms with Gasteiger partial charge in [0.2, 0.25) is 0 Å². The second-order valence-corrected chi connectivity index (χ2v) is 3.73. The largest absolute Gasteiger partial charge is 0.479 e. The summed E-state index contributed by atoms with van der Waals surface area (Å²) in [7, 11) is 0. The summed E-state index contributed by atoms with van der Waals surface area (Å²) < 4.78 is 15.6. The number of aliphatic carboxylic acids is 1. The molecule has 0 spiro atoms. The molecule has 0 saturated carbocycles. The zero-order chi connectivity index (χ0) is 12.1. The second-order valence-electron chi connectivity index (χ2n) is 3.73. The van der Waals surface area contributed by atoms with Crippen molar-refractivity contribution in [2.24, 2.45) is 0 Å². The average Bonchev–Trinajstić information content (AvgIpc) is 2.79. The summed E-state index contributed by atoms with van der Waals surface area (Å²) in [5.41, 5.74) is 1.06. The highest BCUT2D eigenvalue weighted by Gasteiger charge is 2.31. The third kappa shape index (κ3) is 3.52. The Bertz CT molecular complexity index is 364. The summed E-state index contributed by atoms with van der Waals surface area (Å²) in [6.07, 6.45) is -1.46. The molecule has 1 saturated heterocycles. The van der Waals surface area contributed by atoms with Crippen molar-refractivity contribution in [1.29, 1.82) is 0 Å². The molecule has 0 unspecified atom stereocenters. The molecule has 92 valence electrons. The zero-order valence-corrected chi connectivity index (χ0v) is 9.24. The molecule has 1 aliphatic rings. The van der Waals surface area contributed by atoms with Gasteiger partial charge >= 0.3 is 5.97 Å². The van der Waals surface area contributed by atoms with Crippen LogP contribution in [-0.4, -0.2) is 36.7 Å². The lowest BCUT2D eigenvalue weighted by molar-refractivity contribution is -0.154. The molecule has 5 heteroatoms. The first-order valence-corrected chi connectivity index (χ1v) is 5.37. The van der Waals surface area contributed by atoms with Crippen molar-refractivity contribution in [1.82, 2.24) is 0 Å². The Balaban J connectivity index is 1.68. The summed E-state index contributed by atoms with van der Waals surface area (Å²) in [4.78, 5) is 10.6. The van der Waals surface area contributed by atoms with E-state index in [4.69, 9.17) is 19.3 Å². The van der Waals surface area contributed by atoms with Gasteiger partial charge in [-0.25, -0.2) is 4.79 Å². The molecule has 17 heavy (non-hydrogen) atoms. The van der Waals surface area contributed by atoms with Crippen molar-refractivity contribution in [2.75, 3.05) is 13.2 Å². The number of hydrogen-bond donors (Lipinski definition) is 1. The van der Waals surface area contributed by atoms with E-state index in [-0.39, 0.29) is 13.2 Å². The number of ether oxygens (including phenoxy) is 3. The fraction of sp³-hybridized carbons (Fsp3) is 0.417. The molecule has 0 amide bonds. The highest BCUT2D eigenvalue weighted by molar-refractivity contribution is 5.72. The van der Waals surface area contributed by atoms with E-state index in [1.54, 1.807) is 0 Å². The van der Waals surface area contributed by atoms with Crippen molar-refractivity contribution < 1.29 is 24.1 Å². The molecular weight excluding hydrogens is 224 g/mol. The third-order valence-electron chi connectivity index (χ3n) is 2.39. The number of benzene rings is 1. The normalized spacial score (nSPS) is 23.8. The predicted molar refractivity (Wildman–Crippen MR) is 58.3 cm³/mol. The summed E-state index contributed by atoms with van der Waals surface area (Å²) in [6.45, 7) is 0.773. The van der Waals surface area contributed by atoms with Crippen LogP contribution in [0, 0.1) is 0 Å². The van der Waals surface area contributed by atoms with Crippen LogP contribution in [0.15, 0.2) is 30.3 Å². The van der Waals surface area contributed by atoms with Crippen LogP contribution < -0.4 is 0 Å². The van der Waals surface area contributed by atoms with E-state index in [0.29, 0.717) is 6.61 Å². The standard InChI is InChI=1S/C12H14O5/c13-12(14)10-7-16-11(17-10)8-15-6-9-4-2-1-3-5-9/h1-5,10-11H,6-8H2,(H,13,14)/t10-,11+/m1/s1. The molecule has 1 aromatic carbocycles. The quantitative estimate of drug-likeness (QED) is 0.830. The van der Waals surface area contributed by atoms with E-state index in [9.17, 15) is 4.79 Å². The van der Waals surface area contributed by atoms with Gasteiger partial charge in [-0.05, 0) is 5.56 Å². The van der Waals surface area contributed by atoms with Crippen LogP contribution in [0.5, 0.6) is 0 Å². The van der Waals surface area contributed by atoms with Crippen LogP contribution in [0.4, 0.5) is 0 Å². The monoisotopic (exact) mass is 238 g/mol. The van der Waals surface area contributed by atoms with Crippen LogP contribution in [0.1, 0.15) is 5.56 Å². The Labute approximate surface area is 98.9 Å². The maximum absolute atomic E-state index is 10.6. The van der Waals surface area contributed by atoms with Gasteiger partial charge in [0.1, 0.15) is 0 Å². The molecule has 1 N–H and O–H groups in total. The molecule has 5 nitrogen and oxygen atoms in total. The predicted octanol–water partition coefficient (Wildman–Crippen LogP) is 1.03. The van der Waals surface area contributed by atoms with Crippen LogP contribution in [-0.2, 0) is 25.6 Å². The van der Waals surface area contributed by atoms with E-state index in [1.165, 1.54) is 0 Å². The van der Waals surface area contributed by atoms with Crippen molar-refractivity contribution in [3.05, 3.63) is 35.9 Å². The molecule has 0 aromatic heterocycles. The van der Waals surface area contributed by atoms with Crippen LogP contribution in [0.2, 0.25) is 0 Å². The van der Waals surface area contributed by atoms with E-state index in [0.717, 1.165) is 5.56 Å². The molecule has 2 rings (SSSR count). The van der Waals surface area contributed by atoms with E-state index >= 15 is 0 Å². The maximum Gasteiger partial charge on any atom is 0.335 e. The first kappa shape index (κ1) is 12.0. The Kier molecular flexibility index (Phi) is 4.08. The summed E-state index contributed by atoms with van der Waals surface area (Å²) in [5.74, 6) is -1.00. The minimum Gasteiger partial charge on any atom is -0.479 e. The van der Waals surface area contributed by atoms with E-state index < -0.39 is 18.4 Å². The van der Waals surface area contributed by atoms with Crippen molar-refractivity contribution >= 4 is 5.97 Å². The molecule has 1 aliphatic heterocycles. The summed E-state index contributed by atoms with van der Waals surface area (Å²) in [6, 6.07) is 9.71. The van der Waals surface area contributed by atoms with Gasteiger partial charge in [-0.2, -0.15) is 0 Å². The fourth-order valence-electron chi connectivity index (χ4n) is 1.52. The van der Waals surface area contributed by atoms with Gasteiger partial charge in [0.15, 0.2) is 12.4 Å². The molecule has 1 heterocycles. The lowest BCUT2D eigenvalue weighted by atomic mass is 10.2. The Morgan fingerprint density at radius 1 is 1.41 bits per heavy atom. The number of hydrogen-bond acceptors (Lipinski definition) is 4. The van der Waals surface area contributed by atoms with Crippen LogP contribution in [0.25, 0.3) is 0 Å². The van der Waals surface area contributed by atoms with Crippen LogP contribution in [0.3, 0.4) is 0 Å². The maximum atomic E-state index is 10.6. The first-order valence-electron chi connectivity index (χ1n) is 5.37. The van der Waals surface area contributed by atoms with Crippen molar-refractivity contribution in [3.8, 4) is 0 Å². The number of carbonyl (C=O) groups is 1. The number of carboxylic acids is 1. The van der Waals surface area contributed by atoms with Gasteiger partial charge in [-0.1, -0.05) is 30.3 Å². The summed E-state index contributed by atoms with van der Waals surface area (Å²) >= 11 is 0. The SMILES string of the molecule is O=C(O)[C@H]1CO[C@H](COCc2ccccc2)O1. The molecule has 0 aliphatic carbocycles. The van der Waals surface area contributed by atoms with Gasteiger partial charge in [0.05, 0.1) is 19.8 Å². The van der Waals surface area contributed by atoms with Crippen molar-refractivity contribution in [3.63, 3.8) is 0 Å². The minimum absolute atomic E-state index is 0.0781. The summed E-state index contributed by atoms with van der Waals surface area (Å²) in [5, 5.41) is 8.69. The minimum atomic E-state index is -1.00. The van der Waals surface area contributed by atoms with Crippen molar-refractivity contribution in [2.45, 2.75) is 19.0 Å². The molecule has 2 atom stereocenters. The Hall–Kier alpha value is -1.43. The molecule has 0 radical (unpaired) electrons. The molecule has 1 aromatic rings. The average molecular weight is 238 g/mol.